The summed E-state index contributed by atoms with van der Waals surface area (Å²) in [6.07, 6.45) is -5.25. The van der Waals surface area contributed by atoms with Crippen molar-refractivity contribution in [1.82, 2.24) is 10.1 Å². The molecular formula is C11H6F4N2O3. The van der Waals surface area contributed by atoms with Crippen molar-refractivity contribution in [3.8, 4) is 0 Å². The lowest BCUT2D eigenvalue weighted by Gasteiger charge is -2.09. The van der Waals surface area contributed by atoms with E-state index in [1.165, 1.54) is 0 Å². The lowest BCUT2D eigenvalue weighted by Crippen LogP contribution is -2.10. The van der Waals surface area contributed by atoms with Crippen molar-refractivity contribution >= 4 is 5.97 Å². The van der Waals surface area contributed by atoms with Crippen molar-refractivity contribution in [2.75, 3.05) is 0 Å². The summed E-state index contributed by atoms with van der Waals surface area (Å²) in [6.45, 7) is 0. The van der Waals surface area contributed by atoms with Gasteiger partial charge in [0, 0.05) is 0 Å². The van der Waals surface area contributed by atoms with E-state index in [1.54, 1.807) is 0 Å². The van der Waals surface area contributed by atoms with E-state index >= 15 is 0 Å². The minimum atomic E-state index is -4.82. The van der Waals surface area contributed by atoms with Crippen molar-refractivity contribution in [2.45, 2.75) is 12.6 Å². The fourth-order valence-electron chi connectivity index (χ4n) is 1.51. The van der Waals surface area contributed by atoms with E-state index < -0.39 is 35.8 Å². The van der Waals surface area contributed by atoms with Crippen LogP contribution in [0.5, 0.6) is 0 Å². The Morgan fingerprint density at radius 3 is 2.60 bits per heavy atom. The summed E-state index contributed by atoms with van der Waals surface area (Å²) in [7, 11) is 0. The minimum absolute atomic E-state index is 0.291. The molecule has 0 fully saturated rings. The van der Waals surface area contributed by atoms with E-state index in [4.69, 9.17) is 5.11 Å². The molecule has 2 rings (SSSR count). The van der Waals surface area contributed by atoms with Gasteiger partial charge < -0.3 is 9.63 Å². The first-order chi connectivity index (χ1) is 9.29. The van der Waals surface area contributed by atoms with Gasteiger partial charge in [-0.25, -0.2) is 9.18 Å². The third-order valence-electron chi connectivity index (χ3n) is 2.39. The molecule has 106 valence electrons. The Kier molecular flexibility index (Phi) is 3.43. The number of alkyl halides is 3. The van der Waals surface area contributed by atoms with Crippen LogP contribution >= 0.6 is 0 Å². The molecule has 0 aliphatic heterocycles. The summed E-state index contributed by atoms with van der Waals surface area (Å²) < 4.78 is 55.7. The molecular weight excluding hydrogens is 284 g/mol. The number of rotatable bonds is 3. The molecule has 5 nitrogen and oxygen atoms in total. The van der Waals surface area contributed by atoms with Gasteiger partial charge in [-0.15, -0.1) is 0 Å². The molecule has 0 saturated carbocycles. The lowest BCUT2D eigenvalue weighted by atomic mass is 10.1. The molecule has 1 aromatic heterocycles. The molecule has 1 heterocycles. The van der Waals surface area contributed by atoms with Crippen LogP contribution in [-0.2, 0) is 12.6 Å². The highest BCUT2D eigenvalue weighted by atomic mass is 19.4. The van der Waals surface area contributed by atoms with Gasteiger partial charge in [0.2, 0.25) is 5.89 Å². The van der Waals surface area contributed by atoms with Gasteiger partial charge in [0.05, 0.1) is 12.0 Å². The van der Waals surface area contributed by atoms with Crippen molar-refractivity contribution < 1.29 is 32.0 Å². The summed E-state index contributed by atoms with van der Waals surface area (Å²) in [6, 6.07) is 2.76. The van der Waals surface area contributed by atoms with Gasteiger partial charge in [-0.1, -0.05) is 12.1 Å². The standard InChI is InChI=1S/C11H6F4N2O3/c12-8-5(2-1-3-6(8)11(13,14)15)4-7-16-9(10(18)19)17-20-7/h1-3H,4H2,(H,18,19). The maximum atomic E-state index is 13.7. The molecule has 0 radical (unpaired) electrons. The molecule has 2 aromatic rings. The Labute approximate surface area is 108 Å². The smallest absolute Gasteiger partial charge is 0.419 e. The second-order valence-electron chi connectivity index (χ2n) is 3.77. The number of aromatic carboxylic acids is 1. The Balaban J connectivity index is 2.32. The monoisotopic (exact) mass is 290 g/mol. The fraction of sp³-hybridized carbons (Fsp3) is 0.182. The molecule has 0 atom stereocenters. The van der Waals surface area contributed by atoms with E-state index in [0.29, 0.717) is 6.07 Å². The number of nitrogens with zero attached hydrogens (tertiary/aromatic N) is 2. The second kappa shape index (κ2) is 4.91. The summed E-state index contributed by atoms with van der Waals surface area (Å²) >= 11 is 0. The van der Waals surface area contributed by atoms with Gasteiger partial charge >= 0.3 is 12.1 Å². The molecule has 0 bridgehead atoms. The van der Waals surface area contributed by atoms with E-state index in [9.17, 15) is 22.4 Å². The highest BCUT2D eigenvalue weighted by molar-refractivity contribution is 5.82. The van der Waals surface area contributed by atoms with Crippen LogP contribution < -0.4 is 0 Å². The number of carbonyl (C=O) groups is 1. The second-order valence-corrected chi connectivity index (χ2v) is 3.77. The van der Waals surface area contributed by atoms with Gasteiger partial charge in [0.1, 0.15) is 5.82 Å². The summed E-state index contributed by atoms with van der Waals surface area (Å²) in [5.41, 5.74) is -1.73. The number of hydrogen-bond acceptors (Lipinski definition) is 4. The molecule has 9 heteroatoms. The first-order valence-electron chi connectivity index (χ1n) is 5.19. The van der Waals surface area contributed by atoms with Gasteiger partial charge in [-0.2, -0.15) is 18.2 Å². The highest BCUT2D eigenvalue weighted by Gasteiger charge is 2.34. The van der Waals surface area contributed by atoms with Crippen LogP contribution in [0.15, 0.2) is 22.7 Å². The Morgan fingerprint density at radius 2 is 2.05 bits per heavy atom. The first kappa shape index (κ1) is 14.0. The number of carboxylic acids is 1. The predicted molar refractivity (Wildman–Crippen MR) is 55.5 cm³/mol. The number of carboxylic acid groups (broad SMARTS) is 1. The van der Waals surface area contributed by atoms with Gasteiger partial charge in [0.15, 0.2) is 0 Å². The summed E-state index contributed by atoms with van der Waals surface area (Å²) in [5.74, 6) is -3.84. The van der Waals surface area contributed by atoms with E-state index in [-0.39, 0.29) is 11.5 Å². The Hall–Kier alpha value is -2.45. The van der Waals surface area contributed by atoms with Crippen LogP contribution in [0.4, 0.5) is 17.6 Å². The fourth-order valence-corrected chi connectivity index (χ4v) is 1.51. The zero-order valence-electron chi connectivity index (χ0n) is 9.61. The third-order valence-corrected chi connectivity index (χ3v) is 2.39. The molecule has 0 spiro atoms. The largest absolute Gasteiger partial charge is 0.475 e. The van der Waals surface area contributed by atoms with Gasteiger partial charge in [-0.3, -0.25) is 0 Å². The third kappa shape index (κ3) is 2.76. The number of benzene rings is 1. The van der Waals surface area contributed by atoms with E-state index in [0.717, 1.165) is 12.1 Å². The summed E-state index contributed by atoms with van der Waals surface area (Å²) in [5, 5.41) is 11.6. The summed E-state index contributed by atoms with van der Waals surface area (Å²) in [4.78, 5) is 13.9. The quantitative estimate of drug-likeness (QED) is 0.879. The van der Waals surface area contributed by atoms with E-state index in [1.807, 2.05) is 0 Å². The maximum Gasteiger partial charge on any atom is 0.419 e. The Bertz CT molecular complexity index is 651. The van der Waals surface area contributed by atoms with Crippen molar-refractivity contribution in [2.24, 2.45) is 0 Å². The van der Waals surface area contributed by atoms with Crippen LogP contribution in [-0.4, -0.2) is 21.2 Å². The zero-order valence-corrected chi connectivity index (χ0v) is 9.61. The van der Waals surface area contributed by atoms with Crippen LogP contribution in [0, 0.1) is 5.82 Å². The first-order valence-corrected chi connectivity index (χ1v) is 5.19. The van der Waals surface area contributed by atoms with E-state index in [2.05, 4.69) is 14.7 Å². The van der Waals surface area contributed by atoms with Crippen LogP contribution in [0.3, 0.4) is 0 Å². The average molecular weight is 290 g/mol. The topological polar surface area (TPSA) is 76.2 Å². The molecule has 1 aromatic carbocycles. The molecule has 20 heavy (non-hydrogen) atoms. The molecule has 0 aliphatic rings. The number of aromatic nitrogens is 2. The molecule has 0 amide bonds. The molecule has 0 unspecified atom stereocenters. The van der Waals surface area contributed by atoms with Gasteiger partial charge in [-0.05, 0) is 16.8 Å². The normalized spacial score (nSPS) is 11.6. The number of halogens is 4. The van der Waals surface area contributed by atoms with Crippen LogP contribution in [0.1, 0.15) is 27.6 Å². The number of hydrogen-bond donors (Lipinski definition) is 1. The van der Waals surface area contributed by atoms with Crippen molar-refractivity contribution in [1.29, 1.82) is 0 Å². The highest BCUT2D eigenvalue weighted by Crippen LogP contribution is 2.32. The SMILES string of the molecule is O=C(O)c1noc(Cc2cccc(C(F)(F)F)c2F)n1. The maximum absolute atomic E-state index is 13.7. The average Bonchev–Trinajstić information content (AvgIpc) is 2.79. The molecule has 0 aliphatic carbocycles. The zero-order chi connectivity index (χ0) is 14.9. The van der Waals surface area contributed by atoms with Crippen molar-refractivity contribution in [3.05, 3.63) is 46.9 Å². The van der Waals surface area contributed by atoms with Crippen molar-refractivity contribution in [3.63, 3.8) is 0 Å². The molecule has 1 N–H and O–H groups in total. The minimum Gasteiger partial charge on any atom is -0.475 e. The Morgan fingerprint density at radius 1 is 1.35 bits per heavy atom. The van der Waals surface area contributed by atoms with Crippen LogP contribution in [0.2, 0.25) is 0 Å². The van der Waals surface area contributed by atoms with Gasteiger partial charge in [0.25, 0.3) is 5.82 Å². The predicted octanol–water partition coefficient (Wildman–Crippen LogP) is 2.52. The molecule has 0 saturated heterocycles. The van der Waals surface area contributed by atoms with Crippen LogP contribution in [0.25, 0.3) is 0 Å². The lowest BCUT2D eigenvalue weighted by molar-refractivity contribution is -0.140.